The largest absolute Gasteiger partial charge is 0.369 e. The Morgan fingerprint density at radius 1 is 1.50 bits per heavy atom. The number of amides is 1. The molecule has 0 spiro atoms. The molecule has 0 unspecified atom stereocenters. The lowest BCUT2D eigenvalue weighted by atomic mass is 10.1. The van der Waals surface area contributed by atoms with Crippen molar-refractivity contribution in [2.45, 2.75) is 6.42 Å². The number of carbonyl (C=O) groups excluding carboxylic acids is 1. The topological polar surface area (TPSA) is 58.9 Å². The maximum atomic E-state index is 10.8. The fourth-order valence-electron chi connectivity index (χ4n) is 1.48. The van der Waals surface area contributed by atoms with Crippen molar-refractivity contribution in [3.63, 3.8) is 0 Å². The molecule has 0 saturated heterocycles. The summed E-state index contributed by atoms with van der Waals surface area (Å²) in [6.07, 6.45) is 2.10. The highest BCUT2D eigenvalue weighted by Crippen LogP contribution is 2.22. The van der Waals surface area contributed by atoms with E-state index >= 15 is 0 Å². The van der Waals surface area contributed by atoms with E-state index in [1.54, 1.807) is 0 Å². The molecule has 1 aromatic heterocycles. The zero-order valence-corrected chi connectivity index (χ0v) is 8.97. The van der Waals surface area contributed by atoms with Gasteiger partial charge in [0.1, 0.15) is 0 Å². The number of aromatic nitrogens is 1. The SMILES string of the molecule is NC(=O)Cc1c[nH]c2ccc(Br)cc12. The number of nitrogens with one attached hydrogen (secondary N) is 1. The molecule has 4 heteroatoms. The Morgan fingerprint density at radius 3 is 3.00 bits per heavy atom. The molecule has 3 N–H and O–H groups in total. The van der Waals surface area contributed by atoms with Crippen molar-refractivity contribution in [2.24, 2.45) is 5.73 Å². The molecule has 0 saturated carbocycles. The van der Waals surface area contributed by atoms with Gasteiger partial charge in [-0.1, -0.05) is 15.9 Å². The predicted molar refractivity (Wildman–Crippen MR) is 58.9 cm³/mol. The van der Waals surface area contributed by atoms with Gasteiger partial charge in [0.25, 0.3) is 0 Å². The summed E-state index contributed by atoms with van der Waals surface area (Å²) in [5.74, 6) is -0.314. The van der Waals surface area contributed by atoms with Crippen LogP contribution in [0.25, 0.3) is 10.9 Å². The molecule has 0 bridgehead atoms. The second-order valence-corrected chi connectivity index (χ2v) is 4.06. The number of rotatable bonds is 2. The van der Waals surface area contributed by atoms with Crippen LogP contribution in [0.1, 0.15) is 5.56 Å². The molecule has 0 radical (unpaired) electrons. The molecule has 14 heavy (non-hydrogen) atoms. The third kappa shape index (κ3) is 1.65. The van der Waals surface area contributed by atoms with E-state index in [1.807, 2.05) is 24.4 Å². The van der Waals surface area contributed by atoms with E-state index < -0.39 is 0 Å². The average molecular weight is 253 g/mol. The zero-order valence-electron chi connectivity index (χ0n) is 7.38. The fourth-order valence-corrected chi connectivity index (χ4v) is 1.85. The Balaban J connectivity index is 2.55. The lowest BCUT2D eigenvalue weighted by Gasteiger charge is -1.95. The summed E-state index contributed by atoms with van der Waals surface area (Å²) in [6.45, 7) is 0. The molecule has 2 rings (SSSR count). The van der Waals surface area contributed by atoms with Gasteiger partial charge in [-0.2, -0.15) is 0 Å². The number of aromatic amines is 1. The molecule has 3 nitrogen and oxygen atoms in total. The van der Waals surface area contributed by atoms with E-state index in [2.05, 4.69) is 20.9 Å². The first-order chi connectivity index (χ1) is 6.66. The summed E-state index contributed by atoms with van der Waals surface area (Å²) in [5, 5.41) is 1.04. The van der Waals surface area contributed by atoms with Crippen LogP contribution in [0.2, 0.25) is 0 Å². The standard InChI is InChI=1S/C10H9BrN2O/c11-7-1-2-9-8(4-7)6(5-13-9)3-10(12)14/h1-2,4-5,13H,3H2,(H2,12,14). The highest BCUT2D eigenvalue weighted by Gasteiger charge is 2.06. The lowest BCUT2D eigenvalue weighted by Crippen LogP contribution is -2.13. The van der Waals surface area contributed by atoms with Gasteiger partial charge in [-0.3, -0.25) is 4.79 Å². The minimum absolute atomic E-state index is 0.274. The van der Waals surface area contributed by atoms with Gasteiger partial charge in [-0.25, -0.2) is 0 Å². The number of fused-ring (bicyclic) bond motifs is 1. The number of hydrogen-bond donors (Lipinski definition) is 2. The number of carbonyl (C=O) groups is 1. The monoisotopic (exact) mass is 252 g/mol. The highest BCUT2D eigenvalue weighted by molar-refractivity contribution is 9.10. The molecule has 0 aliphatic carbocycles. The first-order valence-electron chi connectivity index (χ1n) is 4.20. The van der Waals surface area contributed by atoms with Crippen LogP contribution in [0, 0.1) is 0 Å². The zero-order chi connectivity index (χ0) is 10.1. The van der Waals surface area contributed by atoms with Crippen molar-refractivity contribution in [2.75, 3.05) is 0 Å². The maximum Gasteiger partial charge on any atom is 0.221 e. The lowest BCUT2D eigenvalue weighted by molar-refractivity contribution is -0.117. The van der Waals surface area contributed by atoms with Crippen molar-refractivity contribution >= 4 is 32.7 Å². The van der Waals surface area contributed by atoms with Gasteiger partial charge in [-0.15, -0.1) is 0 Å². The minimum atomic E-state index is -0.314. The van der Waals surface area contributed by atoms with Gasteiger partial charge in [-0.05, 0) is 23.8 Å². The second kappa shape index (κ2) is 3.46. The highest BCUT2D eigenvalue weighted by atomic mass is 79.9. The summed E-state index contributed by atoms with van der Waals surface area (Å²) in [6, 6.07) is 5.89. The van der Waals surface area contributed by atoms with Crippen LogP contribution in [-0.4, -0.2) is 10.9 Å². The smallest absolute Gasteiger partial charge is 0.221 e. The van der Waals surface area contributed by atoms with Crippen molar-refractivity contribution in [3.8, 4) is 0 Å². The van der Waals surface area contributed by atoms with Gasteiger partial charge in [0.05, 0.1) is 6.42 Å². The third-order valence-corrected chi connectivity index (χ3v) is 2.59. The van der Waals surface area contributed by atoms with Gasteiger partial charge in [0, 0.05) is 21.6 Å². The number of halogens is 1. The van der Waals surface area contributed by atoms with E-state index in [0.29, 0.717) is 0 Å². The molecular formula is C10H9BrN2O. The van der Waals surface area contributed by atoms with Crippen LogP contribution >= 0.6 is 15.9 Å². The molecule has 0 atom stereocenters. The van der Waals surface area contributed by atoms with Crippen LogP contribution in [-0.2, 0) is 11.2 Å². The molecule has 0 aliphatic heterocycles. The van der Waals surface area contributed by atoms with E-state index in [0.717, 1.165) is 20.9 Å². The van der Waals surface area contributed by atoms with Crippen molar-refractivity contribution in [1.29, 1.82) is 0 Å². The molecule has 2 aromatic rings. The van der Waals surface area contributed by atoms with Crippen molar-refractivity contribution in [1.82, 2.24) is 4.98 Å². The Bertz CT molecular complexity index is 490. The van der Waals surface area contributed by atoms with Crippen LogP contribution in [0.5, 0.6) is 0 Å². The second-order valence-electron chi connectivity index (χ2n) is 3.15. The molecule has 1 aromatic carbocycles. The van der Waals surface area contributed by atoms with Crippen LogP contribution < -0.4 is 5.73 Å². The quantitative estimate of drug-likeness (QED) is 0.844. The van der Waals surface area contributed by atoms with E-state index in [-0.39, 0.29) is 12.3 Å². The van der Waals surface area contributed by atoms with E-state index in [4.69, 9.17) is 5.73 Å². The summed E-state index contributed by atoms with van der Waals surface area (Å²) in [4.78, 5) is 13.9. The number of benzene rings is 1. The van der Waals surface area contributed by atoms with Crippen molar-refractivity contribution < 1.29 is 4.79 Å². The van der Waals surface area contributed by atoms with Crippen LogP contribution in [0.4, 0.5) is 0 Å². The normalized spacial score (nSPS) is 10.6. The van der Waals surface area contributed by atoms with Crippen molar-refractivity contribution in [3.05, 3.63) is 34.4 Å². The number of H-pyrrole nitrogens is 1. The first-order valence-corrected chi connectivity index (χ1v) is 5.00. The molecule has 1 heterocycles. The summed E-state index contributed by atoms with van der Waals surface area (Å²) >= 11 is 3.39. The molecule has 0 aliphatic rings. The van der Waals surface area contributed by atoms with Gasteiger partial charge in [0.15, 0.2) is 0 Å². The number of nitrogens with two attached hydrogens (primary N) is 1. The summed E-state index contributed by atoms with van der Waals surface area (Å²) in [7, 11) is 0. The molecular weight excluding hydrogens is 244 g/mol. The van der Waals surface area contributed by atoms with Crippen LogP contribution in [0.3, 0.4) is 0 Å². The predicted octanol–water partition coefficient (Wildman–Crippen LogP) is 1.96. The average Bonchev–Trinajstić information content (AvgIpc) is 2.47. The summed E-state index contributed by atoms with van der Waals surface area (Å²) < 4.78 is 0.996. The van der Waals surface area contributed by atoms with E-state index in [1.165, 1.54) is 0 Å². The Morgan fingerprint density at radius 2 is 2.29 bits per heavy atom. The van der Waals surface area contributed by atoms with Gasteiger partial charge < -0.3 is 10.7 Å². The minimum Gasteiger partial charge on any atom is -0.369 e. The Labute approximate surface area is 89.4 Å². The maximum absolute atomic E-state index is 10.8. The third-order valence-electron chi connectivity index (χ3n) is 2.09. The summed E-state index contributed by atoms with van der Waals surface area (Å²) in [5.41, 5.74) is 7.10. The van der Waals surface area contributed by atoms with E-state index in [9.17, 15) is 4.79 Å². The fraction of sp³-hybridized carbons (Fsp3) is 0.100. The number of primary amides is 1. The number of hydrogen-bond acceptors (Lipinski definition) is 1. The Kier molecular flexibility index (Phi) is 2.29. The first kappa shape index (κ1) is 9.27. The molecule has 0 fully saturated rings. The van der Waals surface area contributed by atoms with Gasteiger partial charge >= 0.3 is 0 Å². The Hall–Kier alpha value is -1.29. The molecule has 72 valence electrons. The van der Waals surface area contributed by atoms with Crippen LogP contribution in [0.15, 0.2) is 28.9 Å². The van der Waals surface area contributed by atoms with Gasteiger partial charge in [0.2, 0.25) is 5.91 Å². The molecule has 1 amide bonds.